The summed E-state index contributed by atoms with van der Waals surface area (Å²) in [6.45, 7) is 5.36. The molecule has 6 nitrogen and oxygen atoms in total. The summed E-state index contributed by atoms with van der Waals surface area (Å²) in [5, 5.41) is 3.32. The molecule has 1 heterocycles. The Labute approximate surface area is 115 Å². The lowest BCUT2D eigenvalue weighted by Gasteiger charge is -2.26. The van der Waals surface area contributed by atoms with Gasteiger partial charge in [-0.15, -0.1) is 0 Å². The maximum absolute atomic E-state index is 11.8. The van der Waals surface area contributed by atoms with Crippen molar-refractivity contribution in [3.05, 3.63) is 0 Å². The first-order valence-electron chi connectivity index (χ1n) is 7.16. The van der Waals surface area contributed by atoms with Crippen LogP contribution in [-0.4, -0.2) is 71.0 Å². The van der Waals surface area contributed by atoms with Gasteiger partial charge in [-0.05, 0) is 25.8 Å². The summed E-state index contributed by atoms with van der Waals surface area (Å²) >= 11 is 0. The van der Waals surface area contributed by atoms with Crippen molar-refractivity contribution in [1.29, 1.82) is 0 Å². The van der Waals surface area contributed by atoms with Crippen molar-refractivity contribution in [2.75, 3.05) is 51.7 Å². The molecule has 0 aromatic rings. The van der Waals surface area contributed by atoms with Gasteiger partial charge in [0.2, 0.25) is 10.0 Å². The fourth-order valence-corrected chi connectivity index (χ4v) is 3.18. The van der Waals surface area contributed by atoms with Crippen LogP contribution in [0.4, 0.5) is 0 Å². The second kappa shape index (κ2) is 7.54. The molecule has 0 bridgehead atoms. The summed E-state index contributed by atoms with van der Waals surface area (Å²) < 4.78 is 31.4. The highest BCUT2D eigenvalue weighted by Gasteiger charge is 2.20. The molecule has 0 radical (unpaired) electrons. The zero-order chi connectivity index (χ0) is 13.6. The SMILES string of the molecule is O=S(=O)(CCCNC1CC1)NCCN1CCOCC1. The van der Waals surface area contributed by atoms with E-state index in [2.05, 4.69) is 14.9 Å². The molecule has 0 aromatic carbocycles. The lowest BCUT2D eigenvalue weighted by molar-refractivity contribution is 0.0390. The standard InChI is InChI=1S/C12H25N3O3S/c16-19(17,11-1-4-13-12-2-3-12)14-5-6-15-7-9-18-10-8-15/h12-14H,1-11H2. The van der Waals surface area contributed by atoms with Gasteiger partial charge < -0.3 is 10.1 Å². The van der Waals surface area contributed by atoms with Crippen molar-refractivity contribution in [3.63, 3.8) is 0 Å². The average Bonchev–Trinajstić information content (AvgIpc) is 3.20. The first kappa shape index (κ1) is 15.2. The largest absolute Gasteiger partial charge is 0.379 e. The Morgan fingerprint density at radius 3 is 2.58 bits per heavy atom. The topological polar surface area (TPSA) is 70.7 Å². The zero-order valence-electron chi connectivity index (χ0n) is 11.4. The molecule has 0 atom stereocenters. The van der Waals surface area contributed by atoms with Crippen LogP contribution in [-0.2, 0) is 14.8 Å². The fraction of sp³-hybridized carbons (Fsp3) is 1.00. The molecule has 0 spiro atoms. The van der Waals surface area contributed by atoms with Gasteiger partial charge in [0, 0.05) is 32.2 Å². The third kappa shape index (κ3) is 6.67. The number of ether oxygens (including phenoxy) is 1. The van der Waals surface area contributed by atoms with Crippen LogP contribution in [0.25, 0.3) is 0 Å². The normalized spacial score (nSPS) is 21.7. The number of rotatable bonds is 9. The molecule has 2 N–H and O–H groups in total. The van der Waals surface area contributed by atoms with Crippen LogP contribution >= 0.6 is 0 Å². The minimum absolute atomic E-state index is 0.218. The molecule has 2 aliphatic rings. The van der Waals surface area contributed by atoms with E-state index < -0.39 is 10.0 Å². The summed E-state index contributed by atoms with van der Waals surface area (Å²) in [5.41, 5.74) is 0. The Morgan fingerprint density at radius 1 is 1.16 bits per heavy atom. The Balaban J connectivity index is 1.51. The van der Waals surface area contributed by atoms with Crippen LogP contribution in [0.15, 0.2) is 0 Å². The molecule has 7 heteroatoms. The zero-order valence-corrected chi connectivity index (χ0v) is 12.3. The van der Waals surface area contributed by atoms with E-state index >= 15 is 0 Å². The minimum atomic E-state index is -3.11. The number of sulfonamides is 1. The van der Waals surface area contributed by atoms with Gasteiger partial charge in [0.05, 0.1) is 19.0 Å². The van der Waals surface area contributed by atoms with E-state index in [4.69, 9.17) is 4.74 Å². The minimum Gasteiger partial charge on any atom is -0.379 e. The summed E-state index contributed by atoms with van der Waals surface area (Å²) in [5.74, 6) is 0.218. The maximum Gasteiger partial charge on any atom is 0.211 e. The Bertz CT molecular complexity index is 351. The molecule has 19 heavy (non-hydrogen) atoms. The molecule has 1 aliphatic heterocycles. The summed E-state index contributed by atoms with van der Waals surface area (Å²) in [6, 6.07) is 0.650. The predicted molar refractivity (Wildman–Crippen MR) is 74.7 cm³/mol. The molecular weight excluding hydrogens is 266 g/mol. The molecule has 0 aromatic heterocycles. The molecule has 0 amide bonds. The lowest BCUT2D eigenvalue weighted by atomic mass is 10.4. The van der Waals surface area contributed by atoms with Crippen LogP contribution < -0.4 is 10.0 Å². The number of nitrogens with one attached hydrogen (secondary N) is 2. The summed E-state index contributed by atoms with van der Waals surface area (Å²) in [6.07, 6.45) is 3.17. The average molecular weight is 291 g/mol. The quantitative estimate of drug-likeness (QED) is 0.554. The van der Waals surface area contributed by atoms with Crippen molar-refractivity contribution in [1.82, 2.24) is 14.9 Å². The number of hydrogen-bond acceptors (Lipinski definition) is 5. The van der Waals surface area contributed by atoms with Crippen LogP contribution in [0, 0.1) is 0 Å². The van der Waals surface area contributed by atoms with Crippen LogP contribution in [0.2, 0.25) is 0 Å². The number of nitrogens with zero attached hydrogens (tertiary/aromatic N) is 1. The molecule has 2 fully saturated rings. The fourth-order valence-electron chi connectivity index (χ4n) is 2.11. The Morgan fingerprint density at radius 2 is 1.89 bits per heavy atom. The van der Waals surface area contributed by atoms with Gasteiger partial charge in [-0.2, -0.15) is 0 Å². The van der Waals surface area contributed by atoms with Gasteiger partial charge in [-0.3, -0.25) is 4.90 Å². The maximum atomic E-state index is 11.8. The first-order chi connectivity index (χ1) is 9.16. The van der Waals surface area contributed by atoms with Gasteiger partial charge in [0.15, 0.2) is 0 Å². The van der Waals surface area contributed by atoms with Crippen molar-refractivity contribution in [2.45, 2.75) is 25.3 Å². The summed E-state index contributed by atoms with van der Waals surface area (Å²) in [7, 11) is -3.11. The van der Waals surface area contributed by atoms with Gasteiger partial charge in [0.1, 0.15) is 0 Å². The Hall–Kier alpha value is -0.210. The van der Waals surface area contributed by atoms with E-state index in [0.717, 1.165) is 39.4 Å². The molecule has 1 saturated carbocycles. The van der Waals surface area contributed by atoms with E-state index in [0.29, 0.717) is 19.0 Å². The molecule has 2 rings (SSSR count). The van der Waals surface area contributed by atoms with Gasteiger partial charge >= 0.3 is 0 Å². The van der Waals surface area contributed by atoms with E-state index in [-0.39, 0.29) is 5.75 Å². The second-order valence-corrected chi connectivity index (χ2v) is 7.18. The predicted octanol–water partition coefficient (Wildman–Crippen LogP) is -0.620. The van der Waals surface area contributed by atoms with Crippen molar-refractivity contribution >= 4 is 10.0 Å². The van der Waals surface area contributed by atoms with Crippen molar-refractivity contribution in [3.8, 4) is 0 Å². The van der Waals surface area contributed by atoms with Crippen molar-refractivity contribution in [2.24, 2.45) is 0 Å². The number of morpholine rings is 1. The van der Waals surface area contributed by atoms with Crippen molar-refractivity contribution < 1.29 is 13.2 Å². The van der Waals surface area contributed by atoms with Crippen LogP contribution in [0.5, 0.6) is 0 Å². The molecule has 1 saturated heterocycles. The van der Waals surface area contributed by atoms with Gasteiger partial charge in [-0.1, -0.05) is 0 Å². The smallest absolute Gasteiger partial charge is 0.211 e. The molecular formula is C12H25N3O3S. The molecule has 1 aliphatic carbocycles. The Kier molecular flexibility index (Phi) is 6.03. The van der Waals surface area contributed by atoms with E-state index in [1.54, 1.807) is 0 Å². The van der Waals surface area contributed by atoms with Crippen LogP contribution in [0.3, 0.4) is 0 Å². The van der Waals surface area contributed by atoms with Gasteiger partial charge in [0.25, 0.3) is 0 Å². The second-order valence-electron chi connectivity index (χ2n) is 5.25. The third-order valence-corrected chi connectivity index (χ3v) is 4.92. The molecule has 0 unspecified atom stereocenters. The highest BCUT2D eigenvalue weighted by Crippen LogP contribution is 2.18. The number of hydrogen-bond donors (Lipinski definition) is 2. The summed E-state index contributed by atoms with van der Waals surface area (Å²) in [4.78, 5) is 2.22. The van der Waals surface area contributed by atoms with E-state index in [9.17, 15) is 8.42 Å². The molecule has 112 valence electrons. The monoisotopic (exact) mass is 291 g/mol. The first-order valence-corrected chi connectivity index (χ1v) is 8.82. The highest BCUT2D eigenvalue weighted by molar-refractivity contribution is 7.89. The highest BCUT2D eigenvalue weighted by atomic mass is 32.2. The van der Waals surface area contributed by atoms with E-state index in [1.807, 2.05) is 0 Å². The van der Waals surface area contributed by atoms with E-state index in [1.165, 1.54) is 12.8 Å². The van der Waals surface area contributed by atoms with Gasteiger partial charge in [-0.25, -0.2) is 13.1 Å². The lowest BCUT2D eigenvalue weighted by Crippen LogP contribution is -2.41. The van der Waals surface area contributed by atoms with Crippen LogP contribution in [0.1, 0.15) is 19.3 Å². The third-order valence-electron chi connectivity index (χ3n) is 3.45.